The van der Waals surface area contributed by atoms with Crippen LogP contribution in [-0.4, -0.2) is 74.6 Å². The number of hydrogen-bond acceptors (Lipinski definition) is 6. The molecule has 8 nitrogen and oxygen atoms in total. The minimum atomic E-state index is -3.81. The van der Waals surface area contributed by atoms with Gasteiger partial charge in [-0.25, -0.2) is 13.4 Å². The van der Waals surface area contributed by atoms with Crippen molar-refractivity contribution in [2.45, 2.75) is 30.4 Å². The fourth-order valence-electron chi connectivity index (χ4n) is 3.76. The van der Waals surface area contributed by atoms with Crippen LogP contribution in [0.2, 0.25) is 5.02 Å². The monoisotopic (exact) mass is 532 g/mol. The average Bonchev–Trinajstić information content (AvgIpc) is 3.25. The average molecular weight is 533 g/mol. The topological polar surface area (TPSA) is 84.7 Å². The van der Waals surface area contributed by atoms with Gasteiger partial charge >= 0.3 is 0 Å². The Labute approximate surface area is 218 Å². The van der Waals surface area contributed by atoms with E-state index < -0.39 is 9.84 Å². The predicted octanol–water partition coefficient (Wildman–Crippen LogP) is 3.29. The number of carbonyl (C=O) groups is 1. The predicted molar refractivity (Wildman–Crippen MR) is 141 cm³/mol. The number of sulfone groups is 1. The van der Waals surface area contributed by atoms with E-state index in [-0.39, 0.29) is 36.3 Å². The smallest absolute Gasteiger partial charge is 0.228 e. The summed E-state index contributed by atoms with van der Waals surface area (Å²) in [5.41, 5.74) is 2.06. The Bertz CT molecular complexity index is 1250. The van der Waals surface area contributed by atoms with E-state index in [0.717, 1.165) is 5.56 Å². The summed E-state index contributed by atoms with van der Waals surface area (Å²) in [7, 11) is 1.64. The van der Waals surface area contributed by atoms with Crippen LogP contribution >= 0.6 is 11.6 Å². The van der Waals surface area contributed by atoms with Crippen molar-refractivity contribution in [3.8, 4) is 0 Å². The number of ether oxygens (including phenoxy) is 1. The minimum absolute atomic E-state index is 0.0389. The first kappa shape index (κ1) is 27.9. The Balaban J connectivity index is 1.90. The minimum Gasteiger partial charge on any atom is -0.383 e. The largest absolute Gasteiger partial charge is 0.383 e. The lowest BCUT2D eigenvalue weighted by molar-refractivity contribution is -0.131. The van der Waals surface area contributed by atoms with Crippen LogP contribution in [0.1, 0.15) is 16.8 Å². The summed E-state index contributed by atoms with van der Waals surface area (Å²) in [6.07, 6.45) is 1.80. The van der Waals surface area contributed by atoms with Gasteiger partial charge in [-0.2, -0.15) is 0 Å². The molecule has 0 aliphatic rings. The highest BCUT2D eigenvalue weighted by molar-refractivity contribution is 7.90. The van der Waals surface area contributed by atoms with Crippen LogP contribution < -0.4 is 0 Å². The number of hydrogen-bond donors (Lipinski definition) is 0. The molecule has 36 heavy (non-hydrogen) atoms. The molecular formula is C26H33ClN4O4S. The maximum atomic E-state index is 13.4. The van der Waals surface area contributed by atoms with Gasteiger partial charge < -0.3 is 19.1 Å². The van der Waals surface area contributed by atoms with E-state index in [4.69, 9.17) is 16.3 Å². The summed E-state index contributed by atoms with van der Waals surface area (Å²) in [5, 5.41) is 0.329. The second-order valence-corrected chi connectivity index (χ2v) is 11.1. The maximum Gasteiger partial charge on any atom is 0.228 e. The zero-order chi connectivity index (χ0) is 26.1. The number of halogens is 1. The van der Waals surface area contributed by atoms with Crippen LogP contribution in [0.15, 0.2) is 66.0 Å². The molecule has 10 heteroatoms. The molecule has 0 N–H and O–H groups in total. The molecular weight excluding hydrogens is 500 g/mol. The number of carbonyl (C=O) groups excluding carboxylic acids is 1. The van der Waals surface area contributed by atoms with Gasteiger partial charge in [-0.05, 0) is 31.3 Å². The third-order valence-electron chi connectivity index (χ3n) is 5.72. The van der Waals surface area contributed by atoms with Gasteiger partial charge in [0.1, 0.15) is 0 Å². The van der Waals surface area contributed by atoms with Gasteiger partial charge in [-0.15, -0.1) is 0 Å². The zero-order valence-corrected chi connectivity index (χ0v) is 22.5. The van der Waals surface area contributed by atoms with E-state index in [1.54, 1.807) is 40.8 Å². The molecule has 0 aliphatic carbocycles. The van der Waals surface area contributed by atoms with E-state index in [1.807, 2.05) is 49.3 Å². The van der Waals surface area contributed by atoms with Crippen molar-refractivity contribution in [3.05, 3.63) is 82.6 Å². The second-order valence-electron chi connectivity index (χ2n) is 8.81. The van der Waals surface area contributed by atoms with Crippen LogP contribution in [0.4, 0.5) is 0 Å². The van der Waals surface area contributed by atoms with E-state index in [9.17, 15) is 13.2 Å². The first-order chi connectivity index (χ1) is 17.2. The lowest BCUT2D eigenvalue weighted by Gasteiger charge is -2.25. The highest BCUT2D eigenvalue weighted by atomic mass is 35.5. The van der Waals surface area contributed by atoms with Gasteiger partial charge in [-0.3, -0.25) is 4.79 Å². The lowest BCUT2D eigenvalue weighted by Crippen LogP contribution is -2.37. The molecule has 0 atom stereocenters. The first-order valence-corrected chi connectivity index (χ1v) is 13.7. The van der Waals surface area contributed by atoms with Crippen molar-refractivity contribution >= 4 is 27.3 Å². The van der Waals surface area contributed by atoms with Crippen LogP contribution in [0.25, 0.3) is 0 Å². The normalized spacial score (nSPS) is 11.7. The van der Waals surface area contributed by atoms with Gasteiger partial charge in [0.2, 0.25) is 20.9 Å². The summed E-state index contributed by atoms with van der Waals surface area (Å²) in [6.45, 7) is 1.99. The second kappa shape index (κ2) is 13.0. The molecule has 1 amide bonds. The molecule has 1 aromatic heterocycles. The molecule has 3 aromatic rings. The van der Waals surface area contributed by atoms with Gasteiger partial charge in [0.15, 0.2) is 0 Å². The Morgan fingerprint density at radius 1 is 1.06 bits per heavy atom. The number of likely N-dealkylation sites (N-methyl/N-ethyl adjacent to an activating group) is 1. The van der Waals surface area contributed by atoms with Gasteiger partial charge in [0, 0.05) is 31.8 Å². The van der Waals surface area contributed by atoms with Gasteiger partial charge in [-0.1, -0.05) is 60.1 Å². The molecule has 3 rings (SSSR count). The number of aromatic nitrogens is 2. The molecule has 2 aromatic carbocycles. The fourth-order valence-corrected chi connectivity index (χ4v) is 5.59. The van der Waals surface area contributed by atoms with Crippen molar-refractivity contribution < 1.29 is 17.9 Å². The summed E-state index contributed by atoms with van der Waals surface area (Å²) >= 11 is 6.22. The molecule has 0 spiro atoms. The quantitative estimate of drug-likeness (QED) is 0.336. The maximum absolute atomic E-state index is 13.4. The Kier molecular flexibility index (Phi) is 10.1. The summed E-state index contributed by atoms with van der Waals surface area (Å²) < 4.78 is 33.6. The Morgan fingerprint density at radius 2 is 1.75 bits per heavy atom. The van der Waals surface area contributed by atoms with Crippen molar-refractivity contribution in [1.82, 2.24) is 19.4 Å². The number of imidazole rings is 1. The number of nitrogens with zero attached hydrogens (tertiary/aromatic N) is 4. The van der Waals surface area contributed by atoms with Crippen molar-refractivity contribution in [2.75, 3.05) is 40.9 Å². The zero-order valence-electron chi connectivity index (χ0n) is 20.9. The highest BCUT2D eigenvalue weighted by Crippen LogP contribution is 2.23. The van der Waals surface area contributed by atoms with Crippen molar-refractivity contribution in [1.29, 1.82) is 0 Å². The SMILES string of the molecule is COCCn1c(CN(CCN(C)C)C(=O)Cc2ccccc2)cnc1S(=O)(=O)Cc1ccccc1Cl. The first-order valence-electron chi connectivity index (χ1n) is 11.7. The number of methoxy groups -OCH3 is 1. The number of rotatable bonds is 13. The van der Waals surface area contributed by atoms with E-state index in [2.05, 4.69) is 4.98 Å². The number of amides is 1. The third kappa shape index (κ3) is 7.64. The Morgan fingerprint density at radius 3 is 2.42 bits per heavy atom. The molecule has 0 saturated heterocycles. The molecule has 0 unspecified atom stereocenters. The van der Waals surface area contributed by atoms with E-state index in [0.29, 0.717) is 36.0 Å². The third-order valence-corrected chi connectivity index (χ3v) is 7.66. The molecule has 1 heterocycles. The van der Waals surface area contributed by atoms with Crippen LogP contribution in [0.5, 0.6) is 0 Å². The van der Waals surface area contributed by atoms with Crippen molar-refractivity contribution in [3.63, 3.8) is 0 Å². The van der Waals surface area contributed by atoms with Crippen LogP contribution in [0, 0.1) is 0 Å². The fraction of sp³-hybridized carbons (Fsp3) is 0.385. The molecule has 0 saturated carbocycles. The molecule has 0 bridgehead atoms. The van der Waals surface area contributed by atoms with E-state index >= 15 is 0 Å². The summed E-state index contributed by atoms with van der Waals surface area (Å²) in [6, 6.07) is 16.4. The Hall–Kier alpha value is -2.72. The molecule has 194 valence electrons. The van der Waals surface area contributed by atoms with Crippen LogP contribution in [0.3, 0.4) is 0 Å². The van der Waals surface area contributed by atoms with Gasteiger partial charge in [0.05, 0.1) is 37.2 Å². The molecule has 0 radical (unpaired) electrons. The molecule has 0 aliphatic heterocycles. The van der Waals surface area contributed by atoms with Crippen LogP contribution in [-0.2, 0) is 44.6 Å². The summed E-state index contributed by atoms with van der Waals surface area (Å²) in [5.74, 6) is -0.309. The van der Waals surface area contributed by atoms with Crippen molar-refractivity contribution in [2.24, 2.45) is 0 Å². The van der Waals surface area contributed by atoms with Gasteiger partial charge in [0.25, 0.3) is 0 Å². The molecule has 0 fully saturated rings. The standard InChI is InChI=1S/C26H33ClN4O4S/c1-29(2)13-14-30(25(32)17-21-9-5-4-6-10-21)19-23-18-28-26(31(23)15-16-35-3)36(33,34)20-22-11-7-8-12-24(22)27/h4-12,18H,13-17,19-20H2,1-3H3. The highest BCUT2D eigenvalue weighted by Gasteiger charge is 2.26. The summed E-state index contributed by atoms with van der Waals surface area (Å²) in [4.78, 5) is 21.3. The lowest BCUT2D eigenvalue weighted by atomic mass is 10.1. The number of benzene rings is 2. The van der Waals surface area contributed by atoms with E-state index in [1.165, 1.54) is 6.20 Å².